The number of hydrogen-bond acceptors (Lipinski definition) is 4. The zero-order valence-electron chi connectivity index (χ0n) is 12.0. The zero-order chi connectivity index (χ0) is 15.7. The molecule has 0 radical (unpaired) electrons. The molecule has 3 aromatic heterocycles. The van der Waals surface area contributed by atoms with E-state index in [9.17, 15) is 4.39 Å². The molecule has 112 valence electrons. The largest absolute Gasteiger partial charge is 0.347 e. The van der Waals surface area contributed by atoms with Gasteiger partial charge in [0.15, 0.2) is 0 Å². The van der Waals surface area contributed by atoms with E-state index in [1.807, 2.05) is 23.9 Å². The molecule has 6 nitrogen and oxygen atoms in total. The van der Waals surface area contributed by atoms with Crippen molar-refractivity contribution in [3.63, 3.8) is 0 Å². The third-order valence-corrected chi connectivity index (χ3v) is 3.45. The Labute approximate surface area is 126 Å². The van der Waals surface area contributed by atoms with E-state index < -0.39 is 5.82 Å². The maximum atomic E-state index is 13.5. The predicted octanol–water partition coefficient (Wildman–Crippen LogP) is 2.13. The molecule has 0 unspecified atom stereocenters. The molecule has 22 heavy (non-hydrogen) atoms. The molecular weight excluding hydrogens is 283 g/mol. The van der Waals surface area contributed by atoms with Gasteiger partial charge in [-0.1, -0.05) is 0 Å². The maximum absolute atomic E-state index is 13.5. The molecule has 0 spiro atoms. The van der Waals surface area contributed by atoms with Crippen molar-refractivity contribution in [2.24, 2.45) is 22.8 Å². The molecule has 0 aliphatic heterocycles. The van der Waals surface area contributed by atoms with Gasteiger partial charge < -0.3 is 15.3 Å². The Morgan fingerprint density at radius 2 is 2.36 bits per heavy atom. The summed E-state index contributed by atoms with van der Waals surface area (Å²) < 4.78 is 15.4. The van der Waals surface area contributed by atoms with Crippen molar-refractivity contribution < 1.29 is 4.39 Å². The van der Waals surface area contributed by atoms with Crippen LogP contribution < -0.4 is 5.73 Å². The number of aromatic amines is 1. The molecule has 0 aliphatic rings. The third-order valence-electron chi connectivity index (χ3n) is 3.45. The highest BCUT2D eigenvalue weighted by atomic mass is 19.1. The molecule has 0 fully saturated rings. The van der Waals surface area contributed by atoms with Gasteiger partial charge in [0, 0.05) is 30.4 Å². The molecule has 0 amide bonds. The first-order chi connectivity index (χ1) is 10.7. The van der Waals surface area contributed by atoms with E-state index in [0.29, 0.717) is 22.4 Å². The Morgan fingerprint density at radius 3 is 3.09 bits per heavy atom. The predicted molar refractivity (Wildman–Crippen MR) is 85.4 cm³/mol. The van der Waals surface area contributed by atoms with Crippen LogP contribution in [0.4, 0.5) is 10.1 Å². The van der Waals surface area contributed by atoms with Gasteiger partial charge in [-0.15, -0.1) is 0 Å². The van der Waals surface area contributed by atoms with E-state index >= 15 is 0 Å². The summed E-state index contributed by atoms with van der Waals surface area (Å²) in [5.74, 6) is -0.408. The van der Waals surface area contributed by atoms with Crippen molar-refractivity contribution in [3.8, 4) is 0 Å². The van der Waals surface area contributed by atoms with Gasteiger partial charge in [-0.25, -0.2) is 9.37 Å². The van der Waals surface area contributed by atoms with E-state index in [-0.39, 0.29) is 6.67 Å². The fraction of sp³-hybridized carbons (Fsp3) is 0.133. The number of rotatable bonds is 4. The highest BCUT2D eigenvalue weighted by Crippen LogP contribution is 2.27. The minimum atomic E-state index is -0.408. The van der Waals surface area contributed by atoms with Crippen LogP contribution in [0, 0.1) is 5.82 Å². The summed E-state index contributed by atoms with van der Waals surface area (Å²) >= 11 is 0. The highest BCUT2D eigenvalue weighted by Gasteiger charge is 2.19. The minimum Gasteiger partial charge on any atom is -0.347 e. The Hall–Kier alpha value is -2.80. The molecule has 0 bridgehead atoms. The summed E-state index contributed by atoms with van der Waals surface area (Å²) in [6.07, 6.45) is 4.77. The number of hydrogen-bond donors (Lipinski definition) is 2. The molecule has 3 rings (SSSR count). The lowest BCUT2D eigenvalue weighted by molar-refractivity contribution is 0.624. The van der Waals surface area contributed by atoms with Crippen LogP contribution >= 0.6 is 0 Å². The molecule has 3 N–H and O–H groups in total. The van der Waals surface area contributed by atoms with Crippen molar-refractivity contribution >= 4 is 29.1 Å². The quantitative estimate of drug-likeness (QED) is 0.723. The summed E-state index contributed by atoms with van der Waals surface area (Å²) in [6, 6.07) is 3.26. The third kappa shape index (κ3) is 2.21. The van der Waals surface area contributed by atoms with Crippen LogP contribution in [-0.2, 0) is 7.05 Å². The van der Waals surface area contributed by atoms with Gasteiger partial charge in [-0.2, -0.15) is 0 Å². The van der Waals surface area contributed by atoms with Gasteiger partial charge in [0.1, 0.15) is 11.5 Å². The standard InChI is InChI=1S/C15H15FN6/c1-18-12-3-4-22(2)14(12)13(21-8-17)11-7-20-15-10(11)5-9(16)6-19-15/h3-7H,1,8,17H2,2H3,(H,19,20)/b21-13-. The number of pyridine rings is 1. The maximum Gasteiger partial charge on any atom is 0.142 e. The second-order valence-electron chi connectivity index (χ2n) is 4.76. The lowest BCUT2D eigenvalue weighted by atomic mass is 10.1. The number of aliphatic imine (C=N–C) groups is 2. The van der Waals surface area contributed by atoms with Crippen molar-refractivity contribution in [2.45, 2.75) is 0 Å². The first kappa shape index (κ1) is 14.2. The van der Waals surface area contributed by atoms with E-state index in [1.165, 1.54) is 12.3 Å². The van der Waals surface area contributed by atoms with Gasteiger partial charge >= 0.3 is 0 Å². The Bertz CT molecular complexity index is 873. The highest BCUT2D eigenvalue weighted by molar-refractivity contribution is 6.20. The second kappa shape index (κ2) is 5.53. The van der Waals surface area contributed by atoms with Gasteiger partial charge in [0.2, 0.25) is 0 Å². The minimum absolute atomic E-state index is 0.104. The summed E-state index contributed by atoms with van der Waals surface area (Å²) in [5.41, 5.74) is 9.00. The monoisotopic (exact) mass is 298 g/mol. The van der Waals surface area contributed by atoms with Crippen LogP contribution in [0.3, 0.4) is 0 Å². The molecule has 3 aromatic rings. The van der Waals surface area contributed by atoms with Crippen LogP contribution in [0.15, 0.2) is 40.7 Å². The SMILES string of the molecule is C=Nc1ccn(C)c1/C(=N\CN)c1c[nH]c2ncc(F)cc12. The molecule has 0 saturated heterocycles. The second-order valence-corrected chi connectivity index (χ2v) is 4.76. The number of fused-ring (bicyclic) bond motifs is 1. The Kier molecular flexibility index (Phi) is 3.56. The number of nitrogens with two attached hydrogens (primary N) is 1. The first-order valence-electron chi connectivity index (χ1n) is 6.65. The normalized spacial score (nSPS) is 12.0. The van der Waals surface area contributed by atoms with Crippen molar-refractivity contribution in [1.29, 1.82) is 0 Å². The van der Waals surface area contributed by atoms with Crippen LogP contribution in [0.2, 0.25) is 0 Å². The lowest BCUT2D eigenvalue weighted by Gasteiger charge is -2.09. The molecule has 0 saturated carbocycles. The summed E-state index contributed by atoms with van der Waals surface area (Å²) in [6.45, 7) is 3.68. The summed E-state index contributed by atoms with van der Waals surface area (Å²) in [4.78, 5) is 15.4. The van der Waals surface area contributed by atoms with E-state index in [0.717, 1.165) is 11.3 Å². The van der Waals surface area contributed by atoms with Crippen LogP contribution in [0.25, 0.3) is 11.0 Å². The number of H-pyrrole nitrogens is 1. The number of nitrogens with one attached hydrogen (secondary N) is 1. The van der Waals surface area contributed by atoms with Crippen molar-refractivity contribution in [2.75, 3.05) is 6.67 Å². The van der Waals surface area contributed by atoms with Gasteiger partial charge in [-0.3, -0.25) is 9.98 Å². The van der Waals surface area contributed by atoms with Crippen molar-refractivity contribution in [1.82, 2.24) is 14.5 Å². The molecule has 7 heteroatoms. The molecular formula is C15H15FN6. The molecule has 0 aromatic carbocycles. The first-order valence-corrected chi connectivity index (χ1v) is 6.65. The summed E-state index contributed by atoms with van der Waals surface area (Å²) in [5, 5.41) is 0.642. The topological polar surface area (TPSA) is 84.4 Å². The van der Waals surface area contributed by atoms with Crippen molar-refractivity contribution in [3.05, 3.63) is 47.8 Å². The zero-order valence-corrected chi connectivity index (χ0v) is 12.0. The van der Waals surface area contributed by atoms with Crippen LogP contribution in [-0.4, -0.2) is 33.6 Å². The van der Waals surface area contributed by atoms with E-state index in [2.05, 4.69) is 26.7 Å². The number of halogens is 1. The average molecular weight is 298 g/mol. The fourth-order valence-electron chi connectivity index (χ4n) is 2.49. The molecule has 3 heterocycles. The fourth-order valence-corrected chi connectivity index (χ4v) is 2.49. The van der Waals surface area contributed by atoms with Crippen LogP contribution in [0.5, 0.6) is 0 Å². The number of nitrogens with zero attached hydrogens (tertiary/aromatic N) is 4. The van der Waals surface area contributed by atoms with Gasteiger partial charge in [0.05, 0.1) is 30.0 Å². The number of aryl methyl sites for hydroxylation is 1. The Morgan fingerprint density at radius 1 is 1.55 bits per heavy atom. The number of aromatic nitrogens is 3. The molecule has 0 aliphatic carbocycles. The van der Waals surface area contributed by atoms with Gasteiger partial charge in [-0.05, 0) is 18.9 Å². The lowest BCUT2D eigenvalue weighted by Crippen LogP contribution is -2.11. The van der Waals surface area contributed by atoms with Gasteiger partial charge in [0.25, 0.3) is 0 Å². The average Bonchev–Trinajstić information content (AvgIpc) is 3.08. The van der Waals surface area contributed by atoms with Crippen LogP contribution in [0.1, 0.15) is 11.3 Å². The molecule has 0 atom stereocenters. The summed E-state index contributed by atoms with van der Waals surface area (Å²) in [7, 11) is 1.88. The Balaban J connectivity index is 2.27. The smallest absolute Gasteiger partial charge is 0.142 e. The van der Waals surface area contributed by atoms with E-state index in [1.54, 1.807) is 6.20 Å². The van der Waals surface area contributed by atoms with E-state index in [4.69, 9.17) is 5.73 Å².